The van der Waals surface area contributed by atoms with Crippen molar-refractivity contribution in [3.05, 3.63) is 34.9 Å². The van der Waals surface area contributed by atoms with Gasteiger partial charge in [0.2, 0.25) is 18.0 Å². The molecular formula is C24H35N3O8. The highest BCUT2D eigenvalue weighted by atomic mass is 16.8. The SMILES string of the molecule is CN[C@@H]1[C@H](O)[C@H](NC)C2O[C@]3(O)C(OC2[C@H]1O)O[C@H](C)C[C@H]3NC(=O)Cc1ccc2c(c1)COC2. The molecular weight excluding hydrogens is 458 g/mol. The van der Waals surface area contributed by atoms with Crippen LogP contribution in [0.2, 0.25) is 0 Å². The molecule has 0 bridgehead atoms. The first-order valence-electron chi connectivity index (χ1n) is 12.1. The van der Waals surface area contributed by atoms with Crippen LogP contribution in [0.3, 0.4) is 0 Å². The first kappa shape index (κ1) is 25.0. The molecule has 1 aromatic rings. The van der Waals surface area contributed by atoms with Crippen LogP contribution in [0, 0.1) is 0 Å². The van der Waals surface area contributed by atoms with Crippen LogP contribution in [0.25, 0.3) is 0 Å². The van der Waals surface area contributed by atoms with Gasteiger partial charge >= 0.3 is 0 Å². The molecule has 11 nitrogen and oxygen atoms in total. The van der Waals surface area contributed by atoms with E-state index in [1.165, 1.54) is 0 Å². The van der Waals surface area contributed by atoms with Crippen LogP contribution >= 0.6 is 0 Å². The van der Waals surface area contributed by atoms with Crippen LogP contribution in [0.15, 0.2) is 18.2 Å². The van der Waals surface area contributed by atoms with Crippen molar-refractivity contribution in [2.45, 2.75) is 93.7 Å². The van der Waals surface area contributed by atoms with E-state index in [-0.39, 0.29) is 18.4 Å². The fourth-order valence-corrected chi connectivity index (χ4v) is 5.78. The number of carbonyl (C=O) groups is 1. The van der Waals surface area contributed by atoms with Gasteiger partial charge in [-0.2, -0.15) is 0 Å². The number of nitrogens with one attached hydrogen (secondary N) is 3. The summed E-state index contributed by atoms with van der Waals surface area (Å²) in [5.41, 5.74) is 3.06. The number of hydrogen-bond acceptors (Lipinski definition) is 10. The number of fused-ring (bicyclic) bond motifs is 3. The lowest BCUT2D eigenvalue weighted by Crippen LogP contribution is -2.79. The van der Waals surface area contributed by atoms with Gasteiger partial charge in [-0.15, -0.1) is 0 Å². The highest BCUT2D eigenvalue weighted by molar-refractivity contribution is 5.79. The van der Waals surface area contributed by atoms with Gasteiger partial charge in [-0.1, -0.05) is 18.2 Å². The predicted molar refractivity (Wildman–Crippen MR) is 122 cm³/mol. The topological polar surface area (TPSA) is 151 Å². The number of aliphatic hydroxyl groups excluding tert-OH is 2. The van der Waals surface area contributed by atoms with E-state index in [1.54, 1.807) is 14.1 Å². The summed E-state index contributed by atoms with van der Waals surface area (Å²) in [6.07, 6.45) is -5.00. The van der Waals surface area contributed by atoms with Gasteiger partial charge < -0.3 is 50.2 Å². The zero-order valence-corrected chi connectivity index (χ0v) is 20.1. The molecule has 1 saturated carbocycles. The van der Waals surface area contributed by atoms with Crippen molar-refractivity contribution in [1.29, 1.82) is 0 Å². The van der Waals surface area contributed by atoms with E-state index < -0.39 is 54.6 Å². The Labute approximate surface area is 204 Å². The van der Waals surface area contributed by atoms with E-state index in [0.29, 0.717) is 19.6 Å². The Morgan fingerprint density at radius 2 is 1.80 bits per heavy atom. The van der Waals surface area contributed by atoms with E-state index in [1.807, 2.05) is 25.1 Å². The Balaban J connectivity index is 1.34. The molecule has 2 saturated heterocycles. The lowest BCUT2D eigenvalue weighted by Gasteiger charge is -2.58. The summed E-state index contributed by atoms with van der Waals surface area (Å²) in [6, 6.07) is 3.71. The number of rotatable bonds is 5. The number of ether oxygens (including phenoxy) is 4. The minimum atomic E-state index is -2.00. The van der Waals surface area contributed by atoms with Crippen molar-refractivity contribution in [3.8, 4) is 0 Å². The van der Waals surface area contributed by atoms with Crippen LogP contribution in [0.1, 0.15) is 30.0 Å². The average molecular weight is 494 g/mol. The first-order chi connectivity index (χ1) is 16.7. The van der Waals surface area contributed by atoms with Gasteiger partial charge in [0, 0.05) is 0 Å². The minimum Gasteiger partial charge on any atom is -0.390 e. The van der Waals surface area contributed by atoms with Gasteiger partial charge in [0.15, 0.2) is 0 Å². The highest BCUT2D eigenvalue weighted by Gasteiger charge is 2.63. The molecule has 0 radical (unpaired) electrons. The fraction of sp³-hybridized carbons (Fsp3) is 0.708. The second-order valence-corrected chi connectivity index (χ2v) is 9.95. The maximum Gasteiger partial charge on any atom is 0.239 e. The van der Waals surface area contributed by atoms with Crippen molar-refractivity contribution in [2.75, 3.05) is 14.1 Å². The van der Waals surface area contributed by atoms with Crippen LogP contribution in [-0.2, 0) is 43.4 Å². The van der Waals surface area contributed by atoms with Crippen molar-refractivity contribution in [1.82, 2.24) is 16.0 Å². The molecule has 3 unspecified atom stereocenters. The summed E-state index contributed by atoms with van der Waals surface area (Å²) in [5.74, 6) is -2.28. The molecule has 10 atom stereocenters. The van der Waals surface area contributed by atoms with Crippen molar-refractivity contribution >= 4 is 5.91 Å². The standard InChI is InChI=1S/C24H35N3O8/c1-11-6-15(27-16(28)8-12-4-5-13-9-32-10-14(13)7-12)24(31)23(33-11)34-22-20(30)17(25-2)19(29)18(26-3)21(22)35-24/h4-5,7,11,15,17-23,25-26,29-31H,6,8-10H2,1-3H3,(H,27,28)/t11-,15-,17-,18+,19+,20+,21?,22?,23?,24+/m1/s1. The summed E-state index contributed by atoms with van der Waals surface area (Å²) in [6.45, 7) is 2.94. The smallest absolute Gasteiger partial charge is 0.239 e. The van der Waals surface area contributed by atoms with Crippen LogP contribution in [0.4, 0.5) is 0 Å². The molecule has 11 heteroatoms. The Morgan fingerprint density at radius 1 is 1.06 bits per heavy atom. The second kappa shape index (κ2) is 9.66. The van der Waals surface area contributed by atoms with E-state index in [0.717, 1.165) is 16.7 Å². The zero-order chi connectivity index (χ0) is 24.9. The monoisotopic (exact) mass is 493 g/mol. The third-order valence-electron chi connectivity index (χ3n) is 7.64. The predicted octanol–water partition coefficient (Wildman–Crippen LogP) is -1.74. The number of carbonyl (C=O) groups excluding carboxylic acids is 1. The molecule has 194 valence electrons. The van der Waals surface area contributed by atoms with E-state index in [9.17, 15) is 20.1 Å². The summed E-state index contributed by atoms with van der Waals surface area (Å²) in [5, 5.41) is 42.1. The van der Waals surface area contributed by atoms with Gasteiger partial charge in [0.1, 0.15) is 18.3 Å². The number of likely N-dealkylation sites (N-methyl/N-ethyl adjacent to an activating group) is 2. The zero-order valence-electron chi connectivity index (χ0n) is 20.1. The first-order valence-corrected chi connectivity index (χ1v) is 12.1. The minimum absolute atomic E-state index is 0.132. The third kappa shape index (κ3) is 4.39. The van der Waals surface area contributed by atoms with E-state index in [4.69, 9.17) is 18.9 Å². The average Bonchev–Trinajstić information content (AvgIpc) is 3.28. The largest absolute Gasteiger partial charge is 0.390 e. The van der Waals surface area contributed by atoms with Gasteiger partial charge in [-0.25, -0.2) is 0 Å². The maximum absolute atomic E-state index is 13.0. The van der Waals surface area contributed by atoms with Crippen LogP contribution in [0.5, 0.6) is 0 Å². The van der Waals surface area contributed by atoms with Gasteiger partial charge in [-0.05, 0) is 44.1 Å². The maximum atomic E-state index is 13.0. The molecule has 3 aliphatic heterocycles. The number of benzene rings is 1. The summed E-state index contributed by atoms with van der Waals surface area (Å²) in [4.78, 5) is 13.0. The highest BCUT2D eigenvalue weighted by Crippen LogP contribution is 2.42. The van der Waals surface area contributed by atoms with E-state index >= 15 is 0 Å². The number of hydrogen-bond donors (Lipinski definition) is 6. The van der Waals surface area contributed by atoms with Gasteiger partial charge in [0.05, 0.1) is 50.0 Å². The molecule has 35 heavy (non-hydrogen) atoms. The summed E-state index contributed by atoms with van der Waals surface area (Å²) in [7, 11) is 3.30. The number of amides is 1. The Hall–Kier alpha value is -1.67. The Morgan fingerprint density at radius 3 is 2.54 bits per heavy atom. The van der Waals surface area contributed by atoms with Crippen LogP contribution < -0.4 is 16.0 Å². The normalized spacial score (nSPS) is 42.6. The molecule has 5 rings (SSSR count). The number of aliphatic hydroxyl groups is 3. The Kier molecular flexibility index (Phi) is 6.90. The molecule has 3 heterocycles. The lowest BCUT2D eigenvalue weighted by atomic mass is 9.79. The van der Waals surface area contributed by atoms with Crippen molar-refractivity contribution < 1.29 is 39.1 Å². The van der Waals surface area contributed by atoms with Crippen LogP contribution in [-0.4, -0.2) is 96.0 Å². The molecule has 1 aliphatic carbocycles. The third-order valence-corrected chi connectivity index (χ3v) is 7.64. The van der Waals surface area contributed by atoms with Gasteiger partial charge in [0.25, 0.3) is 0 Å². The summed E-state index contributed by atoms with van der Waals surface area (Å²) >= 11 is 0. The van der Waals surface area contributed by atoms with Gasteiger partial charge in [-0.3, -0.25) is 4.79 Å². The molecule has 4 aliphatic rings. The fourth-order valence-electron chi connectivity index (χ4n) is 5.78. The quantitative estimate of drug-likeness (QED) is 0.279. The molecule has 0 aromatic heterocycles. The molecule has 6 N–H and O–H groups in total. The van der Waals surface area contributed by atoms with E-state index in [2.05, 4.69) is 16.0 Å². The molecule has 0 spiro atoms. The molecule has 3 fully saturated rings. The molecule has 1 amide bonds. The van der Waals surface area contributed by atoms with Crippen molar-refractivity contribution in [3.63, 3.8) is 0 Å². The molecule has 1 aromatic carbocycles. The second-order valence-electron chi connectivity index (χ2n) is 9.95. The lowest BCUT2D eigenvalue weighted by molar-refractivity contribution is -0.449. The van der Waals surface area contributed by atoms with Crippen molar-refractivity contribution in [2.24, 2.45) is 0 Å². The Bertz CT molecular complexity index is 949. The summed E-state index contributed by atoms with van der Waals surface area (Å²) < 4.78 is 23.5.